The minimum absolute atomic E-state index is 0.284. The summed E-state index contributed by atoms with van der Waals surface area (Å²) < 4.78 is 1.92. The van der Waals surface area contributed by atoms with E-state index in [0.717, 1.165) is 17.1 Å². The number of nitrogens with zero attached hydrogens (tertiary/aromatic N) is 4. The molecule has 106 valence electrons. The second-order valence-corrected chi connectivity index (χ2v) is 5.39. The fourth-order valence-corrected chi connectivity index (χ4v) is 2.30. The largest absolute Gasteiger partial charge is 0.389 e. The molecule has 20 heavy (non-hydrogen) atoms. The van der Waals surface area contributed by atoms with Crippen LogP contribution in [0.3, 0.4) is 0 Å². The van der Waals surface area contributed by atoms with Gasteiger partial charge in [-0.05, 0) is 26.0 Å². The van der Waals surface area contributed by atoms with Crippen LogP contribution in [0.25, 0.3) is 0 Å². The molecule has 1 aromatic carbocycles. The molecule has 2 rings (SSSR count). The van der Waals surface area contributed by atoms with E-state index in [0.29, 0.717) is 11.5 Å². The summed E-state index contributed by atoms with van der Waals surface area (Å²) in [5.74, 6) is 0.917. The van der Waals surface area contributed by atoms with E-state index < -0.39 is 0 Å². The zero-order chi connectivity index (χ0) is 14.7. The molecule has 0 spiro atoms. The Bertz CT molecular complexity index is 605. The number of thiocarbonyl (C=S) groups is 1. The number of anilines is 1. The molecule has 0 amide bonds. The Morgan fingerprint density at radius 1 is 1.40 bits per heavy atom. The third-order valence-corrected chi connectivity index (χ3v) is 3.32. The van der Waals surface area contributed by atoms with E-state index in [1.54, 1.807) is 6.33 Å². The summed E-state index contributed by atoms with van der Waals surface area (Å²) in [6, 6.07) is 8.13. The maximum absolute atomic E-state index is 5.78. The first-order valence-electron chi connectivity index (χ1n) is 6.49. The van der Waals surface area contributed by atoms with E-state index in [4.69, 9.17) is 18.0 Å². The molecule has 1 aromatic heterocycles. The van der Waals surface area contributed by atoms with E-state index in [9.17, 15) is 0 Å². The summed E-state index contributed by atoms with van der Waals surface area (Å²) in [7, 11) is 2.00. The molecule has 0 saturated carbocycles. The molecule has 0 radical (unpaired) electrons. The molecule has 0 aliphatic carbocycles. The molecule has 0 aliphatic rings. The van der Waals surface area contributed by atoms with Crippen LogP contribution < -0.4 is 10.6 Å². The van der Waals surface area contributed by atoms with Crippen molar-refractivity contribution < 1.29 is 0 Å². The van der Waals surface area contributed by atoms with Gasteiger partial charge in [-0.1, -0.05) is 24.4 Å². The van der Waals surface area contributed by atoms with E-state index in [2.05, 4.69) is 28.8 Å². The topological polar surface area (TPSA) is 60.0 Å². The van der Waals surface area contributed by atoms with E-state index in [-0.39, 0.29) is 6.04 Å². The van der Waals surface area contributed by atoms with E-state index in [1.807, 2.05) is 36.0 Å². The van der Waals surface area contributed by atoms with E-state index >= 15 is 0 Å². The molecule has 2 aromatic rings. The maximum Gasteiger partial charge on any atom is 0.146 e. The Hall–Kier alpha value is -1.95. The first-order valence-corrected chi connectivity index (χ1v) is 6.90. The highest BCUT2D eigenvalue weighted by Gasteiger charge is 2.13. The number of rotatable bonds is 5. The molecule has 6 heteroatoms. The fourth-order valence-electron chi connectivity index (χ4n) is 2.13. The SMILES string of the molecule is CC(C)n1ncnc1CN(C)c1ccccc1C(N)=S. The van der Waals surface area contributed by atoms with Crippen molar-refractivity contribution in [3.05, 3.63) is 42.0 Å². The number of para-hydroxylation sites is 1. The Morgan fingerprint density at radius 3 is 2.75 bits per heavy atom. The smallest absolute Gasteiger partial charge is 0.146 e. The van der Waals surface area contributed by atoms with Crippen LogP contribution in [0.4, 0.5) is 5.69 Å². The van der Waals surface area contributed by atoms with Gasteiger partial charge in [0.25, 0.3) is 0 Å². The lowest BCUT2D eigenvalue weighted by molar-refractivity contribution is 0.503. The van der Waals surface area contributed by atoms with Crippen molar-refractivity contribution in [1.29, 1.82) is 0 Å². The van der Waals surface area contributed by atoms with Gasteiger partial charge >= 0.3 is 0 Å². The third kappa shape index (κ3) is 2.96. The van der Waals surface area contributed by atoms with Gasteiger partial charge in [-0.3, -0.25) is 0 Å². The van der Waals surface area contributed by atoms with Crippen LogP contribution in [0.1, 0.15) is 31.3 Å². The van der Waals surface area contributed by atoms with Crippen molar-refractivity contribution in [2.24, 2.45) is 5.73 Å². The van der Waals surface area contributed by atoms with Crippen molar-refractivity contribution in [2.45, 2.75) is 26.4 Å². The van der Waals surface area contributed by atoms with Crippen LogP contribution in [0.2, 0.25) is 0 Å². The average Bonchev–Trinajstić information content (AvgIpc) is 2.87. The summed E-state index contributed by atoms with van der Waals surface area (Å²) in [5.41, 5.74) is 7.65. The Balaban J connectivity index is 2.26. The van der Waals surface area contributed by atoms with Gasteiger partial charge < -0.3 is 10.6 Å². The molecule has 0 fully saturated rings. The van der Waals surface area contributed by atoms with Gasteiger partial charge in [-0.15, -0.1) is 0 Å². The molecule has 0 saturated heterocycles. The van der Waals surface area contributed by atoms with Crippen LogP contribution in [0, 0.1) is 0 Å². The second-order valence-electron chi connectivity index (χ2n) is 4.95. The summed E-state index contributed by atoms with van der Waals surface area (Å²) in [4.78, 5) is 6.80. The molecular formula is C14H19N5S. The molecule has 0 aliphatic heterocycles. The predicted octanol–water partition coefficient (Wildman–Crippen LogP) is 2.13. The summed E-state index contributed by atoms with van der Waals surface area (Å²) in [6.45, 7) is 4.82. The number of aromatic nitrogens is 3. The zero-order valence-corrected chi connectivity index (χ0v) is 12.8. The fraction of sp³-hybridized carbons (Fsp3) is 0.357. The Kier molecular flexibility index (Phi) is 4.34. The number of hydrogen-bond donors (Lipinski definition) is 1. The standard InChI is InChI=1S/C14H19N5S/c1-10(2)19-13(16-9-17-19)8-18(3)12-7-5-4-6-11(12)14(15)20/h4-7,9-10H,8H2,1-3H3,(H2,15,20). The van der Waals surface area contributed by atoms with Gasteiger partial charge in [0.1, 0.15) is 17.1 Å². The molecule has 2 N–H and O–H groups in total. The van der Waals surface area contributed by atoms with Gasteiger partial charge in [0, 0.05) is 24.3 Å². The lowest BCUT2D eigenvalue weighted by Crippen LogP contribution is -2.24. The number of hydrogen-bond acceptors (Lipinski definition) is 4. The van der Waals surface area contributed by atoms with Crippen LogP contribution in [0.15, 0.2) is 30.6 Å². The van der Waals surface area contributed by atoms with Gasteiger partial charge in [-0.25, -0.2) is 9.67 Å². The molecular weight excluding hydrogens is 270 g/mol. The van der Waals surface area contributed by atoms with E-state index in [1.165, 1.54) is 0 Å². The summed E-state index contributed by atoms with van der Waals surface area (Å²) in [5, 5.41) is 4.25. The van der Waals surface area contributed by atoms with Gasteiger partial charge in [0.05, 0.1) is 6.54 Å². The number of nitrogens with two attached hydrogens (primary N) is 1. The van der Waals surface area contributed by atoms with Gasteiger partial charge in [0.2, 0.25) is 0 Å². The lowest BCUT2D eigenvalue weighted by atomic mass is 10.1. The maximum atomic E-state index is 5.78. The van der Waals surface area contributed by atoms with Crippen molar-refractivity contribution in [3.8, 4) is 0 Å². The van der Waals surface area contributed by atoms with Crippen molar-refractivity contribution >= 4 is 22.9 Å². The first-order chi connectivity index (χ1) is 9.50. The third-order valence-electron chi connectivity index (χ3n) is 3.10. The average molecular weight is 289 g/mol. The summed E-state index contributed by atoms with van der Waals surface area (Å²) in [6.07, 6.45) is 1.59. The number of benzene rings is 1. The molecule has 0 bridgehead atoms. The monoisotopic (exact) mass is 289 g/mol. The zero-order valence-electron chi connectivity index (χ0n) is 11.9. The van der Waals surface area contributed by atoms with Crippen LogP contribution in [0.5, 0.6) is 0 Å². The molecule has 1 heterocycles. The quantitative estimate of drug-likeness (QED) is 0.854. The van der Waals surface area contributed by atoms with Crippen LogP contribution in [-0.4, -0.2) is 26.8 Å². The molecule has 0 unspecified atom stereocenters. The second kappa shape index (κ2) is 6.00. The van der Waals surface area contributed by atoms with Crippen LogP contribution >= 0.6 is 12.2 Å². The van der Waals surface area contributed by atoms with Crippen LogP contribution in [-0.2, 0) is 6.54 Å². The molecule has 5 nitrogen and oxygen atoms in total. The van der Waals surface area contributed by atoms with Crippen molar-refractivity contribution in [1.82, 2.24) is 14.8 Å². The van der Waals surface area contributed by atoms with Gasteiger partial charge in [0.15, 0.2) is 0 Å². The van der Waals surface area contributed by atoms with Crippen molar-refractivity contribution in [3.63, 3.8) is 0 Å². The Morgan fingerprint density at radius 2 is 2.10 bits per heavy atom. The highest BCUT2D eigenvalue weighted by atomic mass is 32.1. The normalized spacial score (nSPS) is 10.8. The minimum atomic E-state index is 0.284. The summed E-state index contributed by atoms with van der Waals surface area (Å²) >= 11 is 5.10. The Labute approximate surface area is 124 Å². The minimum Gasteiger partial charge on any atom is -0.389 e. The predicted molar refractivity (Wildman–Crippen MR) is 84.8 cm³/mol. The lowest BCUT2D eigenvalue weighted by Gasteiger charge is -2.22. The highest BCUT2D eigenvalue weighted by Crippen LogP contribution is 2.21. The highest BCUT2D eigenvalue weighted by molar-refractivity contribution is 7.80. The molecule has 0 atom stereocenters. The van der Waals surface area contributed by atoms with Gasteiger partial charge in [-0.2, -0.15) is 5.10 Å². The van der Waals surface area contributed by atoms with Crippen molar-refractivity contribution in [2.75, 3.05) is 11.9 Å². The first kappa shape index (κ1) is 14.5.